The summed E-state index contributed by atoms with van der Waals surface area (Å²) in [6.45, 7) is 2.18. The van der Waals surface area contributed by atoms with Crippen molar-refractivity contribution in [3.8, 4) is 17.2 Å². The number of fused-ring (bicyclic) bond motifs is 1. The van der Waals surface area contributed by atoms with Crippen molar-refractivity contribution < 1.29 is 28.5 Å². The summed E-state index contributed by atoms with van der Waals surface area (Å²) in [4.78, 5) is 7.57. The van der Waals surface area contributed by atoms with Crippen LogP contribution in [0.25, 0.3) is 11.0 Å². The Balaban J connectivity index is 1.54. The Morgan fingerprint density at radius 3 is 2.48 bits per heavy atom. The summed E-state index contributed by atoms with van der Waals surface area (Å²) in [6, 6.07) is 13.0. The van der Waals surface area contributed by atoms with Gasteiger partial charge in [-0.05, 0) is 42.8 Å². The lowest BCUT2D eigenvalue weighted by molar-refractivity contribution is 0.0859. The van der Waals surface area contributed by atoms with Crippen LogP contribution in [0.15, 0.2) is 54.6 Å². The molecule has 1 aromatic heterocycles. The Kier molecular flexibility index (Phi) is 5.73. The van der Waals surface area contributed by atoms with Gasteiger partial charge in [0.15, 0.2) is 11.5 Å². The standard InChI is InChI=1S/C23H20F2N2O4/c1-2-30-22(23-26-18-10-20(28)21(29)11-19(18)27-23)13-3-6-16(7-4-13)31-12-14-9-15(24)5-8-17(14)25/h3-11,22,28-29H,2,12H2,1H3,(H,26,27). The number of benzene rings is 3. The molecule has 0 aliphatic rings. The van der Waals surface area contributed by atoms with Gasteiger partial charge in [-0.25, -0.2) is 13.8 Å². The van der Waals surface area contributed by atoms with Crippen LogP contribution in [0.3, 0.4) is 0 Å². The first-order valence-corrected chi connectivity index (χ1v) is 9.64. The third-order valence-electron chi connectivity index (χ3n) is 4.76. The fourth-order valence-electron chi connectivity index (χ4n) is 3.23. The molecular weight excluding hydrogens is 406 g/mol. The molecule has 0 aliphatic heterocycles. The predicted molar refractivity (Wildman–Crippen MR) is 110 cm³/mol. The number of aromatic amines is 1. The van der Waals surface area contributed by atoms with Crippen LogP contribution in [0.1, 0.15) is 30.0 Å². The highest BCUT2D eigenvalue weighted by Crippen LogP contribution is 2.32. The van der Waals surface area contributed by atoms with E-state index in [1.807, 2.05) is 6.92 Å². The molecule has 1 atom stereocenters. The fraction of sp³-hybridized carbons (Fsp3) is 0.174. The highest BCUT2D eigenvalue weighted by Gasteiger charge is 2.19. The second-order valence-electron chi connectivity index (χ2n) is 6.91. The van der Waals surface area contributed by atoms with E-state index in [1.165, 1.54) is 12.1 Å². The topological polar surface area (TPSA) is 87.6 Å². The number of hydrogen-bond donors (Lipinski definition) is 3. The minimum atomic E-state index is -0.531. The first-order chi connectivity index (χ1) is 14.9. The van der Waals surface area contributed by atoms with Crippen molar-refractivity contribution in [3.63, 3.8) is 0 Å². The Morgan fingerprint density at radius 2 is 1.74 bits per heavy atom. The number of halogens is 2. The predicted octanol–water partition coefficient (Wildman–Crippen LogP) is 4.96. The van der Waals surface area contributed by atoms with Gasteiger partial charge in [-0.15, -0.1) is 0 Å². The van der Waals surface area contributed by atoms with Crippen LogP contribution in [-0.2, 0) is 11.3 Å². The normalized spacial score (nSPS) is 12.2. The van der Waals surface area contributed by atoms with Crippen molar-refractivity contribution in [2.24, 2.45) is 0 Å². The molecule has 3 N–H and O–H groups in total. The number of aromatic hydroxyl groups is 2. The molecule has 4 rings (SSSR count). The molecule has 0 radical (unpaired) electrons. The van der Waals surface area contributed by atoms with Gasteiger partial charge >= 0.3 is 0 Å². The van der Waals surface area contributed by atoms with Crippen molar-refractivity contribution in [2.75, 3.05) is 6.61 Å². The summed E-state index contributed by atoms with van der Waals surface area (Å²) in [6.07, 6.45) is -0.517. The van der Waals surface area contributed by atoms with Gasteiger partial charge in [-0.2, -0.15) is 0 Å². The number of imidazole rings is 1. The van der Waals surface area contributed by atoms with Crippen molar-refractivity contribution in [3.05, 3.63) is 83.2 Å². The number of ether oxygens (including phenoxy) is 2. The van der Waals surface area contributed by atoms with Gasteiger partial charge in [0.1, 0.15) is 35.9 Å². The molecule has 0 saturated carbocycles. The molecule has 6 nitrogen and oxygen atoms in total. The van der Waals surface area contributed by atoms with Crippen LogP contribution in [0.5, 0.6) is 17.2 Å². The smallest absolute Gasteiger partial charge is 0.159 e. The Morgan fingerprint density at radius 1 is 1.00 bits per heavy atom. The zero-order valence-corrected chi connectivity index (χ0v) is 16.6. The number of hydrogen-bond acceptors (Lipinski definition) is 5. The number of phenolic OH excluding ortho intramolecular Hbond substituents is 2. The van der Waals surface area contributed by atoms with E-state index in [0.29, 0.717) is 29.2 Å². The van der Waals surface area contributed by atoms with E-state index in [9.17, 15) is 19.0 Å². The first kappa shape index (κ1) is 20.6. The molecule has 0 bridgehead atoms. The molecule has 3 aromatic carbocycles. The molecular formula is C23H20F2N2O4. The Labute approximate surface area is 176 Å². The summed E-state index contributed by atoms with van der Waals surface area (Å²) < 4.78 is 38.5. The monoisotopic (exact) mass is 426 g/mol. The van der Waals surface area contributed by atoms with Crippen molar-refractivity contribution in [1.29, 1.82) is 0 Å². The van der Waals surface area contributed by atoms with E-state index in [4.69, 9.17) is 9.47 Å². The number of nitrogens with one attached hydrogen (secondary N) is 1. The van der Waals surface area contributed by atoms with E-state index >= 15 is 0 Å². The van der Waals surface area contributed by atoms with Gasteiger partial charge in [0, 0.05) is 24.3 Å². The first-order valence-electron chi connectivity index (χ1n) is 9.64. The average molecular weight is 426 g/mol. The molecule has 1 unspecified atom stereocenters. The fourth-order valence-corrected chi connectivity index (χ4v) is 3.23. The number of rotatable bonds is 7. The molecule has 0 spiro atoms. The van der Waals surface area contributed by atoms with Gasteiger partial charge in [-0.1, -0.05) is 12.1 Å². The maximum absolute atomic E-state index is 13.7. The van der Waals surface area contributed by atoms with E-state index in [1.54, 1.807) is 24.3 Å². The van der Waals surface area contributed by atoms with Crippen LogP contribution in [0.4, 0.5) is 8.78 Å². The van der Waals surface area contributed by atoms with Crippen molar-refractivity contribution in [1.82, 2.24) is 9.97 Å². The summed E-state index contributed by atoms with van der Waals surface area (Å²) in [7, 11) is 0. The van der Waals surface area contributed by atoms with Crippen molar-refractivity contribution >= 4 is 11.0 Å². The lowest BCUT2D eigenvalue weighted by atomic mass is 10.1. The van der Waals surface area contributed by atoms with E-state index in [2.05, 4.69) is 9.97 Å². The number of H-pyrrole nitrogens is 1. The molecule has 0 amide bonds. The largest absolute Gasteiger partial charge is 0.504 e. The third kappa shape index (κ3) is 4.44. The minimum Gasteiger partial charge on any atom is -0.504 e. The number of phenols is 2. The van der Waals surface area contributed by atoms with Crippen LogP contribution in [-0.4, -0.2) is 26.8 Å². The van der Waals surface area contributed by atoms with Crippen LogP contribution in [0.2, 0.25) is 0 Å². The summed E-state index contributed by atoms with van der Waals surface area (Å²) in [5.41, 5.74) is 1.97. The molecule has 8 heteroatoms. The minimum absolute atomic E-state index is 0.103. The summed E-state index contributed by atoms with van der Waals surface area (Å²) in [5.74, 6) is -0.556. The zero-order valence-electron chi connectivity index (χ0n) is 16.6. The van der Waals surface area contributed by atoms with Gasteiger partial charge in [0.25, 0.3) is 0 Å². The highest BCUT2D eigenvalue weighted by molar-refractivity contribution is 5.79. The highest BCUT2D eigenvalue weighted by atomic mass is 19.1. The lowest BCUT2D eigenvalue weighted by Gasteiger charge is -2.16. The zero-order chi connectivity index (χ0) is 22.0. The summed E-state index contributed by atoms with van der Waals surface area (Å²) >= 11 is 0. The van der Waals surface area contributed by atoms with Gasteiger partial charge in [0.2, 0.25) is 0 Å². The van der Waals surface area contributed by atoms with E-state index < -0.39 is 17.7 Å². The second kappa shape index (κ2) is 8.61. The molecule has 0 fully saturated rings. The van der Waals surface area contributed by atoms with Crippen molar-refractivity contribution in [2.45, 2.75) is 19.6 Å². The van der Waals surface area contributed by atoms with Crippen LogP contribution < -0.4 is 4.74 Å². The van der Waals surface area contributed by atoms with Crippen LogP contribution >= 0.6 is 0 Å². The molecule has 4 aromatic rings. The van der Waals surface area contributed by atoms with Gasteiger partial charge < -0.3 is 24.7 Å². The van der Waals surface area contributed by atoms with E-state index in [-0.39, 0.29) is 23.7 Å². The maximum Gasteiger partial charge on any atom is 0.159 e. The van der Waals surface area contributed by atoms with Crippen LogP contribution in [0, 0.1) is 11.6 Å². The summed E-state index contributed by atoms with van der Waals surface area (Å²) in [5, 5.41) is 19.4. The lowest BCUT2D eigenvalue weighted by Crippen LogP contribution is -2.08. The quantitative estimate of drug-likeness (QED) is 0.364. The number of aromatic nitrogens is 2. The maximum atomic E-state index is 13.7. The Hall–Kier alpha value is -3.65. The molecule has 0 saturated heterocycles. The molecule has 0 aliphatic carbocycles. The number of nitrogens with zero attached hydrogens (tertiary/aromatic N) is 1. The van der Waals surface area contributed by atoms with E-state index in [0.717, 1.165) is 23.8 Å². The van der Waals surface area contributed by atoms with Gasteiger partial charge in [-0.3, -0.25) is 0 Å². The average Bonchev–Trinajstić information content (AvgIpc) is 3.15. The molecule has 160 valence electrons. The Bertz CT molecular complexity index is 1170. The molecule has 1 heterocycles. The second-order valence-corrected chi connectivity index (χ2v) is 6.91. The third-order valence-corrected chi connectivity index (χ3v) is 4.76. The van der Waals surface area contributed by atoms with Gasteiger partial charge in [0.05, 0.1) is 11.0 Å². The molecule has 31 heavy (non-hydrogen) atoms. The SMILES string of the molecule is CCOC(c1ccc(OCc2cc(F)ccc2F)cc1)c1nc2cc(O)c(O)cc2[nH]1.